The lowest BCUT2D eigenvalue weighted by molar-refractivity contribution is 0.588. The molecule has 102 valence electrons. The van der Waals surface area contributed by atoms with Crippen LogP contribution < -0.4 is 10.2 Å². The predicted octanol–water partition coefficient (Wildman–Crippen LogP) is 3.73. The molecular formula is C16H28N2. The maximum absolute atomic E-state index is 3.46. The van der Waals surface area contributed by atoms with Gasteiger partial charge in [0.05, 0.1) is 0 Å². The minimum atomic E-state index is 0.539. The predicted molar refractivity (Wildman–Crippen MR) is 81.3 cm³/mol. The van der Waals surface area contributed by atoms with E-state index in [1.54, 1.807) is 0 Å². The molecule has 0 aliphatic heterocycles. The van der Waals surface area contributed by atoms with E-state index in [-0.39, 0.29) is 0 Å². The van der Waals surface area contributed by atoms with E-state index >= 15 is 0 Å². The van der Waals surface area contributed by atoms with E-state index in [1.165, 1.54) is 29.7 Å². The van der Waals surface area contributed by atoms with Gasteiger partial charge < -0.3 is 10.2 Å². The van der Waals surface area contributed by atoms with Crippen molar-refractivity contribution in [1.29, 1.82) is 0 Å². The molecule has 0 spiro atoms. The van der Waals surface area contributed by atoms with Gasteiger partial charge in [-0.15, -0.1) is 0 Å². The highest BCUT2D eigenvalue weighted by atomic mass is 15.1. The zero-order valence-corrected chi connectivity index (χ0v) is 12.6. The highest BCUT2D eigenvalue weighted by Crippen LogP contribution is 2.20. The van der Waals surface area contributed by atoms with Crippen molar-refractivity contribution < 1.29 is 0 Å². The summed E-state index contributed by atoms with van der Waals surface area (Å²) in [6.07, 6.45) is 2.51. The summed E-state index contributed by atoms with van der Waals surface area (Å²) in [6.45, 7) is 10.9. The molecule has 0 unspecified atom stereocenters. The normalized spacial score (nSPS) is 11.0. The zero-order valence-electron chi connectivity index (χ0n) is 12.6. The van der Waals surface area contributed by atoms with Crippen LogP contribution in [0.15, 0.2) is 18.2 Å². The molecule has 1 N–H and O–H groups in total. The summed E-state index contributed by atoms with van der Waals surface area (Å²) in [6, 6.07) is 7.33. The second-order valence-electron chi connectivity index (χ2n) is 5.43. The molecule has 0 bridgehead atoms. The fourth-order valence-electron chi connectivity index (χ4n) is 2.09. The maximum Gasteiger partial charge on any atom is 0.0393 e. The summed E-state index contributed by atoms with van der Waals surface area (Å²) in [5.74, 6) is 0. The van der Waals surface area contributed by atoms with Crippen LogP contribution in [0.5, 0.6) is 0 Å². The minimum absolute atomic E-state index is 0.539. The molecule has 0 fully saturated rings. The third kappa shape index (κ3) is 4.69. The number of unbranched alkanes of at least 4 members (excludes halogenated alkanes) is 1. The lowest BCUT2D eigenvalue weighted by Crippen LogP contribution is -2.22. The molecule has 1 rings (SSSR count). The average molecular weight is 248 g/mol. The van der Waals surface area contributed by atoms with E-state index in [4.69, 9.17) is 0 Å². The van der Waals surface area contributed by atoms with Crippen LogP contribution in [0.3, 0.4) is 0 Å². The molecule has 0 saturated carbocycles. The third-order valence-corrected chi connectivity index (χ3v) is 3.23. The molecule has 0 atom stereocenters. The highest BCUT2D eigenvalue weighted by Gasteiger charge is 2.05. The SMILES string of the molecule is CCCCN(C)c1ccc(CNC(C)C)cc1C. The fraction of sp³-hybridized carbons (Fsp3) is 0.625. The number of rotatable bonds is 7. The summed E-state index contributed by atoms with van der Waals surface area (Å²) in [7, 11) is 2.18. The number of hydrogen-bond acceptors (Lipinski definition) is 2. The molecular weight excluding hydrogens is 220 g/mol. The Morgan fingerprint density at radius 1 is 1.28 bits per heavy atom. The molecule has 1 aromatic carbocycles. The lowest BCUT2D eigenvalue weighted by atomic mass is 10.1. The summed E-state index contributed by atoms with van der Waals surface area (Å²) in [5, 5.41) is 3.46. The minimum Gasteiger partial charge on any atom is -0.374 e. The van der Waals surface area contributed by atoms with Gasteiger partial charge in [-0.25, -0.2) is 0 Å². The van der Waals surface area contributed by atoms with Crippen molar-refractivity contribution in [3.63, 3.8) is 0 Å². The standard InChI is InChI=1S/C16H28N2/c1-6-7-10-18(5)16-9-8-15(11-14(16)4)12-17-13(2)3/h8-9,11,13,17H,6-7,10,12H2,1-5H3. The number of anilines is 1. The third-order valence-electron chi connectivity index (χ3n) is 3.23. The van der Waals surface area contributed by atoms with E-state index in [1.807, 2.05) is 0 Å². The lowest BCUT2D eigenvalue weighted by Gasteiger charge is -2.22. The summed E-state index contributed by atoms with van der Waals surface area (Å²) in [5.41, 5.74) is 4.10. The Morgan fingerprint density at radius 3 is 2.56 bits per heavy atom. The van der Waals surface area contributed by atoms with Crippen molar-refractivity contribution in [3.05, 3.63) is 29.3 Å². The molecule has 0 aromatic heterocycles. The highest BCUT2D eigenvalue weighted by molar-refractivity contribution is 5.53. The Hall–Kier alpha value is -1.02. The van der Waals surface area contributed by atoms with Crippen LogP contribution in [-0.4, -0.2) is 19.6 Å². The number of hydrogen-bond donors (Lipinski definition) is 1. The number of nitrogens with one attached hydrogen (secondary N) is 1. The second-order valence-corrected chi connectivity index (χ2v) is 5.43. The topological polar surface area (TPSA) is 15.3 Å². The number of benzene rings is 1. The molecule has 0 aliphatic carbocycles. The average Bonchev–Trinajstić information content (AvgIpc) is 2.33. The van der Waals surface area contributed by atoms with Gasteiger partial charge in [0.1, 0.15) is 0 Å². The van der Waals surface area contributed by atoms with Gasteiger partial charge in [0, 0.05) is 31.9 Å². The Labute approximate surface area is 112 Å². The smallest absolute Gasteiger partial charge is 0.0393 e. The van der Waals surface area contributed by atoms with Gasteiger partial charge in [0.25, 0.3) is 0 Å². The van der Waals surface area contributed by atoms with Gasteiger partial charge in [-0.2, -0.15) is 0 Å². The first-order valence-electron chi connectivity index (χ1n) is 7.08. The Balaban J connectivity index is 2.66. The van der Waals surface area contributed by atoms with Gasteiger partial charge >= 0.3 is 0 Å². The van der Waals surface area contributed by atoms with Crippen molar-refractivity contribution >= 4 is 5.69 Å². The zero-order chi connectivity index (χ0) is 13.5. The van der Waals surface area contributed by atoms with E-state index in [0.29, 0.717) is 6.04 Å². The Bertz CT molecular complexity index is 358. The quantitative estimate of drug-likeness (QED) is 0.791. The van der Waals surface area contributed by atoms with Gasteiger partial charge in [-0.1, -0.05) is 39.3 Å². The molecule has 0 amide bonds. The van der Waals surface area contributed by atoms with Crippen LogP contribution in [0.2, 0.25) is 0 Å². The van der Waals surface area contributed by atoms with Gasteiger partial charge in [0.2, 0.25) is 0 Å². The molecule has 1 aromatic rings. The molecule has 18 heavy (non-hydrogen) atoms. The van der Waals surface area contributed by atoms with Crippen LogP contribution in [0.1, 0.15) is 44.7 Å². The molecule has 2 nitrogen and oxygen atoms in total. The van der Waals surface area contributed by atoms with Crippen molar-refractivity contribution in [1.82, 2.24) is 5.32 Å². The van der Waals surface area contributed by atoms with Crippen LogP contribution in [0, 0.1) is 6.92 Å². The number of nitrogens with zero attached hydrogens (tertiary/aromatic N) is 1. The molecule has 0 saturated heterocycles. The van der Waals surface area contributed by atoms with Crippen LogP contribution in [0.25, 0.3) is 0 Å². The molecule has 0 heterocycles. The first kappa shape index (κ1) is 15.0. The van der Waals surface area contributed by atoms with Crippen molar-refractivity contribution in [2.75, 3.05) is 18.5 Å². The first-order chi connectivity index (χ1) is 8.54. The van der Waals surface area contributed by atoms with E-state index in [2.05, 4.69) is 63.2 Å². The summed E-state index contributed by atoms with van der Waals surface area (Å²) < 4.78 is 0. The maximum atomic E-state index is 3.46. The number of aryl methyl sites for hydroxylation is 1. The van der Waals surface area contributed by atoms with Gasteiger partial charge in [-0.3, -0.25) is 0 Å². The largest absolute Gasteiger partial charge is 0.374 e. The van der Waals surface area contributed by atoms with E-state index in [0.717, 1.165) is 13.1 Å². The Kier molecular flexibility index (Phi) is 6.20. The Morgan fingerprint density at radius 2 is 2.00 bits per heavy atom. The molecule has 2 heteroatoms. The van der Waals surface area contributed by atoms with Crippen LogP contribution in [0.4, 0.5) is 5.69 Å². The van der Waals surface area contributed by atoms with Crippen molar-refractivity contribution in [2.24, 2.45) is 0 Å². The summed E-state index contributed by atoms with van der Waals surface area (Å²) >= 11 is 0. The fourth-order valence-corrected chi connectivity index (χ4v) is 2.09. The molecule has 0 aliphatic rings. The van der Waals surface area contributed by atoms with Crippen LogP contribution >= 0.6 is 0 Å². The van der Waals surface area contributed by atoms with Crippen molar-refractivity contribution in [3.8, 4) is 0 Å². The van der Waals surface area contributed by atoms with Gasteiger partial charge in [-0.05, 0) is 30.5 Å². The second kappa shape index (κ2) is 7.42. The summed E-state index contributed by atoms with van der Waals surface area (Å²) in [4.78, 5) is 2.36. The first-order valence-corrected chi connectivity index (χ1v) is 7.08. The van der Waals surface area contributed by atoms with E-state index in [9.17, 15) is 0 Å². The van der Waals surface area contributed by atoms with Crippen molar-refractivity contribution in [2.45, 2.75) is 53.1 Å². The van der Waals surface area contributed by atoms with Gasteiger partial charge in [0.15, 0.2) is 0 Å². The molecule has 0 radical (unpaired) electrons. The van der Waals surface area contributed by atoms with E-state index < -0.39 is 0 Å². The van der Waals surface area contributed by atoms with Crippen LogP contribution in [-0.2, 0) is 6.54 Å². The monoisotopic (exact) mass is 248 g/mol.